The zero-order chi connectivity index (χ0) is 18.1. The van der Waals surface area contributed by atoms with Gasteiger partial charge in [0.15, 0.2) is 0 Å². The van der Waals surface area contributed by atoms with E-state index in [-0.39, 0.29) is 11.6 Å². The standard InChI is InChI=1S/C17H27ClN6O/c1-5-14-13(15(18)21(3)19-14)11-23-9-7-8-12(10-23)16-20-22(4)17(25)24(16)6-2/h12H,5-11H2,1-4H3/t12-/m1/s1. The lowest BCUT2D eigenvalue weighted by molar-refractivity contribution is 0.194. The molecule has 25 heavy (non-hydrogen) atoms. The number of likely N-dealkylation sites (tertiary alicyclic amines) is 1. The molecule has 0 N–H and O–H groups in total. The maximum Gasteiger partial charge on any atom is 0.345 e. The summed E-state index contributed by atoms with van der Waals surface area (Å²) in [5.74, 6) is 1.19. The van der Waals surface area contributed by atoms with Crippen molar-refractivity contribution >= 4 is 11.6 Å². The Morgan fingerprint density at radius 3 is 2.64 bits per heavy atom. The van der Waals surface area contributed by atoms with E-state index in [1.54, 1.807) is 16.3 Å². The Morgan fingerprint density at radius 2 is 1.96 bits per heavy atom. The summed E-state index contributed by atoms with van der Waals surface area (Å²) >= 11 is 6.45. The van der Waals surface area contributed by atoms with E-state index in [9.17, 15) is 4.79 Å². The highest BCUT2D eigenvalue weighted by atomic mass is 35.5. The molecule has 0 spiro atoms. The number of halogens is 1. The molecule has 8 heteroatoms. The molecular weight excluding hydrogens is 340 g/mol. The van der Waals surface area contributed by atoms with Crippen molar-refractivity contribution in [2.45, 2.75) is 52.1 Å². The predicted molar refractivity (Wildman–Crippen MR) is 98.0 cm³/mol. The van der Waals surface area contributed by atoms with Crippen LogP contribution in [0.3, 0.4) is 0 Å². The van der Waals surface area contributed by atoms with E-state index in [1.165, 1.54) is 4.68 Å². The van der Waals surface area contributed by atoms with E-state index in [0.717, 1.165) is 61.1 Å². The number of aromatic nitrogens is 5. The first-order chi connectivity index (χ1) is 12.0. The van der Waals surface area contributed by atoms with Crippen LogP contribution in [0.4, 0.5) is 0 Å². The molecule has 3 heterocycles. The van der Waals surface area contributed by atoms with Crippen LogP contribution in [0, 0.1) is 0 Å². The van der Waals surface area contributed by atoms with Crippen molar-refractivity contribution in [3.05, 3.63) is 32.7 Å². The van der Waals surface area contributed by atoms with Crippen molar-refractivity contribution in [2.75, 3.05) is 13.1 Å². The summed E-state index contributed by atoms with van der Waals surface area (Å²) in [6.45, 7) is 7.49. The van der Waals surface area contributed by atoms with Gasteiger partial charge in [-0.15, -0.1) is 0 Å². The molecule has 0 unspecified atom stereocenters. The summed E-state index contributed by atoms with van der Waals surface area (Å²) in [6, 6.07) is 0. The van der Waals surface area contributed by atoms with Crippen LogP contribution in [0.25, 0.3) is 0 Å². The molecule has 0 aliphatic carbocycles. The van der Waals surface area contributed by atoms with Gasteiger partial charge in [0.05, 0.1) is 5.69 Å². The Hall–Kier alpha value is -1.60. The topological polar surface area (TPSA) is 60.9 Å². The van der Waals surface area contributed by atoms with Crippen LogP contribution < -0.4 is 5.69 Å². The average molecular weight is 367 g/mol. The summed E-state index contributed by atoms with van der Waals surface area (Å²) in [7, 11) is 3.61. The molecule has 7 nitrogen and oxygen atoms in total. The molecule has 1 fully saturated rings. The van der Waals surface area contributed by atoms with Gasteiger partial charge in [-0.2, -0.15) is 10.2 Å². The van der Waals surface area contributed by atoms with Crippen LogP contribution in [0.2, 0.25) is 5.15 Å². The average Bonchev–Trinajstić information content (AvgIpc) is 3.05. The number of hydrogen-bond acceptors (Lipinski definition) is 4. The van der Waals surface area contributed by atoms with Crippen LogP contribution in [-0.4, -0.2) is 42.1 Å². The van der Waals surface area contributed by atoms with Crippen LogP contribution >= 0.6 is 11.6 Å². The first-order valence-corrected chi connectivity index (χ1v) is 9.40. The van der Waals surface area contributed by atoms with E-state index in [0.29, 0.717) is 6.54 Å². The van der Waals surface area contributed by atoms with Gasteiger partial charge in [-0.05, 0) is 32.7 Å². The summed E-state index contributed by atoms with van der Waals surface area (Å²) in [4.78, 5) is 14.6. The van der Waals surface area contributed by atoms with Gasteiger partial charge in [0.2, 0.25) is 0 Å². The highest BCUT2D eigenvalue weighted by Gasteiger charge is 2.28. The molecule has 0 radical (unpaired) electrons. The minimum Gasteiger partial charge on any atom is -0.298 e. The van der Waals surface area contributed by atoms with Crippen molar-refractivity contribution < 1.29 is 0 Å². The molecule has 2 aromatic heterocycles. The Morgan fingerprint density at radius 1 is 1.20 bits per heavy atom. The molecule has 0 saturated carbocycles. The van der Waals surface area contributed by atoms with Gasteiger partial charge in [0, 0.05) is 45.2 Å². The SMILES string of the molecule is CCc1nn(C)c(Cl)c1CN1CCC[C@@H](c2nn(C)c(=O)n2CC)C1. The van der Waals surface area contributed by atoms with Gasteiger partial charge in [0.25, 0.3) is 0 Å². The maximum atomic E-state index is 12.2. The number of hydrogen-bond donors (Lipinski definition) is 0. The van der Waals surface area contributed by atoms with Crippen LogP contribution in [0.5, 0.6) is 0 Å². The van der Waals surface area contributed by atoms with E-state index in [2.05, 4.69) is 22.0 Å². The van der Waals surface area contributed by atoms with Crippen molar-refractivity contribution in [3.63, 3.8) is 0 Å². The molecule has 0 aromatic carbocycles. The minimum absolute atomic E-state index is 0.0294. The minimum atomic E-state index is -0.0294. The van der Waals surface area contributed by atoms with E-state index >= 15 is 0 Å². The van der Waals surface area contributed by atoms with Gasteiger partial charge in [-0.25, -0.2) is 9.48 Å². The van der Waals surface area contributed by atoms with Crippen molar-refractivity contribution in [1.29, 1.82) is 0 Å². The Bertz CT molecular complexity index is 805. The van der Waals surface area contributed by atoms with Gasteiger partial charge in [-0.1, -0.05) is 18.5 Å². The van der Waals surface area contributed by atoms with E-state index < -0.39 is 0 Å². The lowest BCUT2D eigenvalue weighted by atomic mass is 9.96. The van der Waals surface area contributed by atoms with E-state index in [1.807, 2.05) is 14.0 Å². The fourth-order valence-corrected chi connectivity index (χ4v) is 4.00. The zero-order valence-electron chi connectivity index (χ0n) is 15.5. The van der Waals surface area contributed by atoms with Crippen molar-refractivity contribution in [2.24, 2.45) is 14.1 Å². The smallest absolute Gasteiger partial charge is 0.298 e. The fraction of sp³-hybridized carbons (Fsp3) is 0.706. The summed E-state index contributed by atoms with van der Waals surface area (Å²) < 4.78 is 5.00. The lowest BCUT2D eigenvalue weighted by Crippen LogP contribution is -2.35. The molecule has 2 aromatic rings. The number of nitrogens with zero attached hydrogens (tertiary/aromatic N) is 6. The monoisotopic (exact) mass is 366 g/mol. The third-order valence-corrected chi connectivity index (χ3v) is 5.57. The van der Waals surface area contributed by atoms with Crippen molar-refractivity contribution in [3.8, 4) is 0 Å². The van der Waals surface area contributed by atoms with Crippen LogP contribution in [0.15, 0.2) is 4.79 Å². The molecule has 3 rings (SSSR count). The molecule has 1 saturated heterocycles. The predicted octanol–water partition coefficient (Wildman–Crippen LogP) is 1.93. The zero-order valence-corrected chi connectivity index (χ0v) is 16.3. The largest absolute Gasteiger partial charge is 0.345 e. The number of rotatable bonds is 5. The van der Waals surface area contributed by atoms with Crippen LogP contribution in [0.1, 0.15) is 49.7 Å². The van der Waals surface area contributed by atoms with Crippen molar-refractivity contribution in [1.82, 2.24) is 29.0 Å². The quantitative estimate of drug-likeness (QED) is 0.811. The Labute approximate surface area is 153 Å². The first kappa shape index (κ1) is 18.2. The second-order valence-electron chi connectivity index (χ2n) is 6.78. The number of aryl methyl sites for hydroxylation is 3. The Kier molecular flexibility index (Phi) is 5.34. The number of piperidine rings is 1. The third kappa shape index (κ3) is 3.40. The summed E-state index contributed by atoms with van der Waals surface area (Å²) in [6.07, 6.45) is 3.04. The van der Waals surface area contributed by atoms with Crippen LogP contribution in [-0.2, 0) is 33.6 Å². The maximum absolute atomic E-state index is 12.2. The molecule has 138 valence electrons. The molecule has 1 atom stereocenters. The van der Waals surface area contributed by atoms with Gasteiger partial charge in [-0.3, -0.25) is 14.1 Å². The molecule has 0 bridgehead atoms. The highest BCUT2D eigenvalue weighted by Crippen LogP contribution is 2.28. The van der Waals surface area contributed by atoms with Gasteiger partial charge in [0.1, 0.15) is 11.0 Å². The molecule has 0 amide bonds. The second kappa shape index (κ2) is 7.33. The third-order valence-electron chi connectivity index (χ3n) is 5.09. The first-order valence-electron chi connectivity index (χ1n) is 9.02. The molecule has 1 aliphatic heterocycles. The second-order valence-corrected chi connectivity index (χ2v) is 7.13. The van der Waals surface area contributed by atoms with E-state index in [4.69, 9.17) is 11.6 Å². The van der Waals surface area contributed by atoms with Gasteiger partial charge < -0.3 is 0 Å². The fourth-order valence-electron chi connectivity index (χ4n) is 3.80. The normalized spacial score (nSPS) is 18.8. The molecule has 1 aliphatic rings. The summed E-state index contributed by atoms with van der Waals surface area (Å²) in [5.41, 5.74) is 2.16. The lowest BCUT2D eigenvalue weighted by Gasteiger charge is -2.32. The molecular formula is C17H27ClN6O. The Balaban J connectivity index is 1.81. The highest BCUT2D eigenvalue weighted by molar-refractivity contribution is 6.30. The summed E-state index contributed by atoms with van der Waals surface area (Å²) in [5, 5.41) is 9.73. The van der Waals surface area contributed by atoms with Gasteiger partial charge >= 0.3 is 5.69 Å².